The lowest BCUT2D eigenvalue weighted by atomic mass is 10.2. The number of methoxy groups -OCH3 is 1. The minimum Gasteiger partial charge on any atom is -0.385 e. The van der Waals surface area contributed by atoms with E-state index < -0.39 is 0 Å². The molecular formula is C20H25N5O2S. The second-order valence-electron chi connectivity index (χ2n) is 6.60. The molecule has 0 fully saturated rings. The number of rotatable bonds is 9. The van der Waals surface area contributed by atoms with Crippen molar-refractivity contribution in [1.82, 2.24) is 24.3 Å². The zero-order valence-corrected chi connectivity index (χ0v) is 17.5. The molecule has 0 aromatic carbocycles. The van der Waals surface area contributed by atoms with Crippen LogP contribution in [0.2, 0.25) is 0 Å². The molecule has 0 radical (unpaired) electrons. The van der Waals surface area contributed by atoms with Crippen LogP contribution in [0.1, 0.15) is 28.2 Å². The second-order valence-corrected chi connectivity index (χ2v) is 7.54. The lowest BCUT2D eigenvalue weighted by molar-refractivity contribution is 0.102. The lowest BCUT2D eigenvalue weighted by Gasteiger charge is -2.09. The fourth-order valence-electron chi connectivity index (χ4n) is 3.19. The average Bonchev–Trinajstić information content (AvgIpc) is 3.21. The Hall–Kier alpha value is -2.45. The Labute approximate surface area is 169 Å². The Balaban J connectivity index is 1.68. The van der Waals surface area contributed by atoms with E-state index >= 15 is 0 Å². The number of nitrogens with zero attached hydrogens (tertiary/aromatic N) is 5. The quantitative estimate of drug-likeness (QED) is 0.312. The number of ether oxygens (including phenoxy) is 1. The van der Waals surface area contributed by atoms with Gasteiger partial charge in [-0.3, -0.25) is 9.78 Å². The van der Waals surface area contributed by atoms with Gasteiger partial charge >= 0.3 is 0 Å². The van der Waals surface area contributed by atoms with Crippen molar-refractivity contribution in [2.75, 3.05) is 19.5 Å². The van der Waals surface area contributed by atoms with Gasteiger partial charge < -0.3 is 13.9 Å². The van der Waals surface area contributed by atoms with Crippen LogP contribution in [0.5, 0.6) is 0 Å². The van der Waals surface area contributed by atoms with Crippen molar-refractivity contribution in [3.8, 4) is 11.4 Å². The summed E-state index contributed by atoms with van der Waals surface area (Å²) < 4.78 is 9.20. The first-order valence-corrected chi connectivity index (χ1v) is 10.1. The summed E-state index contributed by atoms with van der Waals surface area (Å²) in [5.74, 6) is 1.16. The monoisotopic (exact) mass is 399 g/mol. The van der Waals surface area contributed by atoms with Crippen molar-refractivity contribution < 1.29 is 9.53 Å². The van der Waals surface area contributed by atoms with E-state index in [0.717, 1.165) is 41.3 Å². The number of Topliss-reactive ketones (excluding diaryl/α,β-unsaturated/α-hetero) is 1. The molecule has 0 spiro atoms. The minimum atomic E-state index is 0.0991. The van der Waals surface area contributed by atoms with Gasteiger partial charge in [-0.05, 0) is 38.5 Å². The molecule has 0 N–H and O–H groups in total. The highest BCUT2D eigenvalue weighted by molar-refractivity contribution is 7.99. The number of thioether (sulfide) groups is 1. The van der Waals surface area contributed by atoms with E-state index in [1.165, 1.54) is 11.8 Å². The Morgan fingerprint density at radius 3 is 2.82 bits per heavy atom. The maximum atomic E-state index is 12.8. The third-order valence-corrected chi connectivity index (χ3v) is 5.71. The highest BCUT2D eigenvalue weighted by atomic mass is 32.2. The van der Waals surface area contributed by atoms with Crippen molar-refractivity contribution >= 4 is 17.5 Å². The van der Waals surface area contributed by atoms with Crippen molar-refractivity contribution in [3.63, 3.8) is 0 Å². The van der Waals surface area contributed by atoms with E-state index in [2.05, 4.69) is 19.7 Å². The summed E-state index contributed by atoms with van der Waals surface area (Å²) in [6.07, 6.45) is 4.40. The summed E-state index contributed by atoms with van der Waals surface area (Å²) in [4.78, 5) is 16.9. The van der Waals surface area contributed by atoms with E-state index in [4.69, 9.17) is 4.74 Å². The highest BCUT2D eigenvalue weighted by Crippen LogP contribution is 2.24. The zero-order valence-electron chi connectivity index (χ0n) is 16.7. The summed E-state index contributed by atoms with van der Waals surface area (Å²) in [6.45, 7) is 5.60. The molecule has 3 aromatic heterocycles. The third-order valence-electron chi connectivity index (χ3n) is 4.69. The molecular weight excluding hydrogens is 374 g/mol. The van der Waals surface area contributed by atoms with Gasteiger partial charge in [0.15, 0.2) is 16.8 Å². The molecule has 0 aliphatic carbocycles. The number of aromatic nitrogens is 5. The van der Waals surface area contributed by atoms with Crippen LogP contribution in [0, 0.1) is 13.8 Å². The Morgan fingerprint density at radius 2 is 2.11 bits per heavy atom. The van der Waals surface area contributed by atoms with Crippen LogP contribution in [-0.4, -0.2) is 49.6 Å². The maximum absolute atomic E-state index is 12.8. The molecule has 0 aliphatic heterocycles. The van der Waals surface area contributed by atoms with Crippen LogP contribution in [0.3, 0.4) is 0 Å². The molecule has 3 aromatic rings. The smallest absolute Gasteiger partial charge is 0.191 e. The summed E-state index contributed by atoms with van der Waals surface area (Å²) in [7, 11) is 3.60. The average molecular weight is 400 g/mol. The minimum absolute atomic E-state index is 0.0991. The lowest BCUT2D eigenvalue weighted by Crippen LogP contribution is -2.08. The normalized spacial score (nSPS) is 11.1. The van der Waals surface area contributed by atoms with Crippen molar-refractivity contribution in [1.29, 1.82) is 0 Å². The highest BCUT2D eigenvalue weighted by Gasteiger charge is 2.18. The van der Waals surface area contributed by atoms with Gasteiger partial charge in [-0.15, -0.1) is 10.2 Å². The number of pyridine rings is 1. The van der Waals surface area contributed by atoms with Crippen molar-refractivity contribution in [3.05, 3.63) is 47.5 Å². The number of hydrogen-bond acceptors (Lipinski definition) is 6. The standard InChI is InChI=1S/C20H25N5O2S/c1-14-11-17(15(2)25(14)9-6-10-27-4)18(26)13-28-20-23-22-19(24(20)3)16-7-5-8-21-12-16/h5,7-8,11-12H,6,9-10,13H2,1-4H3. The molecule has 0 bridgehead atoms. The van der Waals surface area contributed by atoms with Gasteiger partial charge in [0, 0.05) is 62.2 Å². The topological polar surface area (TPSA) is 74.8 Å². The van der Waals surface area contributed by atoms with Crippen LogP contribution in [0.4, 0.5) is 0 Å². The first-order valence-electron chi connectivity index (χ1n) is 9.14. The molecule has 0 aliphatic rings. The third kappa shape index (κ3) is 4.34. The van der Waals surface area contributed by atoms with Gasteiger partial charge in [-0.1, -0.05) is 11.8 Å². The van der Waals surface area contributed by atoms with E-state index in [1.807, 2.05) is 43.7 Å². The summed E-state index contributed by atoms with van der Waals surface area (Å²) >= 11 is 1.40. The summed E-state index contributed by atoms with van der Waals surface area (Å²) in [6, 6.07) is 5.78. The largest absolute Gasteiger partial charge is 0.385 e. The fraction of sp³-hybridized carbons (Fsp3) is 0.400. The molecule has 7 nitrogen and oxygen atoms in total. The molecule has 8 heteroatoms. The van der Waals surface area contributed by atoms with Gasteiger partial charge in [-0.25, -0.2) is 0 Å². The van der Waals surface area contributed by atoms with Crippen molar-refractivity contribution in [2.24, 2.45) is 7.05 Å². The maximum Gasteiger partial charge on any atom is 0.191 e. The van der Waals surface area contributed by atoms with Gasteiger partial charge in [-0.2, -0.15) is 0 Å². The second kappa shape index (κ2) is 9.16. The van der Waals surface area contributed by atoms with Gasteiger partial charge in [0.2, 0.25) is 0 Å². The molecule has 0 saturated heterocycles. The molecule has 148 valence electrons. The molecule has 3 rings (SSSR count). The first kappa shape index (κ1) is 20.3. The molecule has 0 saturated carbocycles. The Bertz CT molecular complexity index is 949. The number of carbonyl (C=O) groups excluding carboxylic acids is 1. The van der Waals surface area contributed by atoms with E-state index in [0.29, 0.717) is 17.5 Å². The Kier molecular flexibility index (Phi) is 6.64. The zero-order chi connectivity index (χ0) is 20.1. The molecule has 3 heterocycles. The molecule has 0 atom stereocenters. The van der Waals surface area contributed by atoms with Crippen LogP contribution >= 0.6 is 11.8 Å². The first-order chi connectivity index (χ1) is 13.5. The Morgan fingerprint density at radius 1 is 1.29 bits per heavy atom. The van der Waals surface area contributed by atoms with E-state index in [-0.39, 0.29) is 5.78 Å². The van der Waals surface area contributed by atoms with Gasteiger partial charge in [0.05, 0.1) is 5.75 Å². The van der Waals surface area contributed by atoms with Crippen LogP contribution in [-0.2, 0) is 18.3 Å². The van der Waals surface area contributed by atoms with E-state index in [9.17, 15) is 4.79 Å². The SMILES string of the molecule is COCCCn1c(C)cc(C(=O)CSc2nnc(-c3cccnc3)n2C)c1C. The number of ketones is 1. The molecule has 28 heavy (non-hydrogen) atoms. The van der Waals surface area contributed by atoms with Gasteiger partial charge in [0.1, 0.15) is 0 Å². The molecule has 0 amide bonds. The van der Waals surface area contributed by atoms with Crippen LogP contribution in [0.25, 0.3) is 11.4 Å². The predicted molar refractivity (Wildman–Crippen MR) is 110 cm³/mol. The number of hydrogen-bond donors (Lipinski definition) is 0. The van der Waals surface area contributed by atoms with Crippen LogP contribution < -0.4 is 0 Å². The summed E-state index contributed by atoms with van der Waals surface area (Å²) in [5, 5.41) is 9.18. The van der Waals surface area contributed by atoms with E-state index in [1.54, 1.807) is 19.5 Å². The fourth-order valence-corrected chi connectivity index (χ4v) is 3.98. The number of carbonyl (C=O) groups is 1. The number of aryl methyl sites for hydroxylation is 1. The van der Waals surface area contributed by atoms with Crippen molar-refractivity contribution in [2.45, 2.75) is 32.0 Å². The predicted octanol–water partition coefficient (Wildman–Crippen LogP) is 3.31. The van der Waals surface area contributed by atoms with Gasteiger partial charge in [0.25, 0.3) is 0 Å². The molecule has 0 unspecified atom stereocenters. The summed E-state index contributed by atoms with van der Waals surface area (Å²) in [5.41, 5.74) is 3.78. The van der Waals surface area contributed by atoms with Crippen LogP contribution in [0.15, 0.2) is 35.7 Å².